The zero-order valence-electron chi connectivity index (χ0n) is 21.7. The quantitative estimate of drug-likeness (QED) is 0.238. The molecule has 1 amide bonds. The molecule has 2 heterocycles. The molecular formula is C26H27F3N3O7P. The Balaban J connectivity index is 1.60. The lowest BCUT2D eigenvalue weighted by Crippen LogP contribution is -2.48. The van der Waals surface area contributed by atoms with Gasteiger partial charge in [-0.25, -0.2) is 17.7 Å². The number of aromatic nitrogens is 2. The van der Waals surface area contributed by atoms with Gasteiger partial charge in [0, 0.05) is 6.92 Å². The van der Waals surface area contributed by atoms with Gasteiger partial charge in [0.2, 0.25) is 0 Å². The summed E-state index contributed by atoms with van der Waals surface area (Å²) in [6.45, 7) is 4.31. The van der Waals surface area contributed by atoms with Gasteiger partial charge in [-0.15, -0.1) is 0 Å². The molecule has 0 radical (unpaired) electrons. The van der Waals surface area contributed by atoms with Crippen LogP contribution in [0.2, 0.25) is 0 Å². The van der Waals surface area contributed by atoms with Crippen LogP contribution in [0.3, 0.4) is 0 Å². The average molecular weight is 581 g/mol. The summed E-state index contributed by atoms with van der Waals surface area (Å²) >= 11 is 0. The second-order valence-electron chi connectivity index (χ2n) is 9.45. The molecule has 0 spiro atoms. The maximum Gasteiger partial charge on any atom is 0.289 e. The third-order valence-corrected chi connectivity index (χ3v) is 6.72. The number of benzene rings is 2. The molecule has 1 aliphatic rings. The molecule has 1 unspecified atom stereocenters. The minimum absolute atomic E-state index is 0.0623. The van der Waals surface area contributed by atoms with Crippen LogP contribution >= 0.6 is 7.82 Å². The molecule has 0 bridgehead atoms. The number of morpholine rings is 1. The average Bonchev–Trinajstić information content (AvgIpc) is 3.22. The van der Waals surface area contributed by atoms with Crippen LogP contribution in [-0.4, -0.2) is 44.1 Å². The van der Waals surface area contributed by atoms with Gasteiger partial charge in [-0.3, -0.25) is 13.9 Å². The Hall–Kier alpha value is -3.48. The predicted molar refractivity (Wildman–Crippen MR) is 133 cm³/mol. The lowest BCUT2D eigenvalue weighted by atomic mass is 9.98. The number of hydrogen-bond donors (Lipinski definition) is 2. The fourth-order valence-electron chi connectivity index (χ4n) is 4.48. The third kappa shape index (κ3) is 6.62. The number of phosphoric ester groups is 1. The highest BCUT2D eigenvalue weighted by atomic mass is 31.2. The molecule has 1 saturated heterocycles. The highest BCUT2D eigenvalue weighted by Gasteiger charge is 2.37. The van der Waals surface area contributed by atoms with Crippen LogP contribution in [0.15, 0.2) is 54.7 Å². The number of ether oxygens (including phenoxy) is 1. The summed E-state index contributed by atoms with van der Waals surface area (Å²) in [6.07, 6.45) is 2.58. The maximum atomic E-state index is 15.1. The standard InChI is InChI=1S/C26H27F3N3O7P/c1-15-11-30(13-31(15)14-38-40(35,36)37)23-7-4-18(8-22(23)29)9-24-26(34)32(12-16(2)39-24)25(17(3)33)19-5-6-20(27)21(28)10-19/h4-11,13,16-17,25,33H,12,14H2,1-3H3,(H-,35,36,37)/b24-9-/t16-,17+,25-/m0/s1. The van der Waals surface area contributed by atoms with Crippen molar-refractivity contribution in [3.63, 3.8) is 0 Å². The topological polar surface area (TPSA) is 128 Å². The fourth-order valence-corrected chi connectivity index (χ4v) is 4.75. The normalized spacial score (nSPS) is 19.8. The van der Waals surface area contributed by atoms with Crippen LogP contribution in [-0.2, 0) is 25.4 Å². The van der Waals surface area contributed by atoms with Crippen molar-refractivity contribution in [2.75, 3.05) is 6.54 Å². The van der Waals surface area contributed by atoms with Crippen LogP contribution in [0.5, 0.6) is 0 Å². The molecule has 214 valence electrons. The number of phosphoric acid groups is 1. The van der Waals surface area contributed by atoms with Gasteiger partial charge in [0.25, 0.3) is 20.1 Å². The molecule has 10 nitrogen and oxygen atoms in total. The number of nitrogens with zero attached hydrogens (tertiary/aromatic N) is 3. The van der Waals surface area contributed by atoms with E-state index in [0.717, 1.165) is 12.1 Å². The highest BCUT2D eigenvalue weighted by molar-refractivity contribution is 7.44. The number of aliphatic hydroxyl groups excluding tert-OH is 1. The van der Waals surface area contributed by atoms with Gasteiger partial charge in [0.15, 0.2) is 35.6 Å². The number of imidazole rings is 1. The fraction of sp³-hybridized carbons (Fsp3) is 0.308. The van der Waals surface area contributed by atoms with Crippen molar-refractivity contribution < 1.29 is 51.3 Å². The molecule has 4 atom stereocenters. The molecule has 0 saturated carbocycles. The van der Waals surface area contributed by atoms with E-state index in [4.69, 9.17) is 9.63 Å². The summed E-state index contributed by atoms with van der Waals surface area (Å²) in [5, 5.41) is 10.5. The van der Waals surface area contributed by atoms with E-state index in [0.29, 0.717) is 5.69 Å². The van der Waals surface area contributed by atoms with Crippen LogP contribution < -0.4 is 9.46 Å². The second-order valence-corrected chi connectivity index (χ2v) is 10.6. The summed E-state index contributed by atoms with van der Waals surface area (Å²) in [6, 6.07) is 6.28. The molecular weight excluding hydrogens is 554 g/mol. The van der Waals surface area contributed by atoms with E-state index >= 15 is 4.39 Å². The van der Waals surface area contributed by atoms with Crippen LogP contribution in [0, 0.1) is 24.4 Å². The lowest BCUT2D eigenvalue weighted by molar-refractivity contribution is -0.597. The van der Waals surface area contributed by atoms with E-state index in [1.54, 1.807) is 13.8 Å². The van der Waals surface area contributed by atoms with Gasteiger partial charge in [0.1, 0.15) is 18.0 Å². The first-order chi connectivity index (χ1) is 18.7. The number of hydrogen-bond acceptors (Lipinski definition) is 6. The van der Waals surface area contributed by atoms with Crippen molar-refractivity contribution in [1.29, 1.82) is 0 Å². The van der Waals surface area contributed by atoms with Gasteiger partial charge in [0.05, 0.1) is 18.7 Å². The van der Waals surface area contributed by atoms with Gasteiger partial charge >= 0.3 is 0 Å². The molecule has 1 aromatic heterocycles. The SMILES string of the molecule is Cc1c[n+](-c2ccc(/C=C3\O[C@@H](C)CN([C@H](c4ccc(F)c(F)c4)[C@@H](C)O)C3=O)cc2F)cn1COP(=O)([O-])O. The molecule has 1 aliphatic heterocycles. The Morgan fingerprint density at radius 1 is 1.23 bits per heavy atom. The molecule has 4 rings (SSSR count). The Morgan fingerprint density at radius 2 is 1.95 bits per heavy atom. The number of halogens is 3. The molecule has 1 fully saturated rings. The first kappa shape index (κ1) is 29.5. The van der Waals surface area contributed by atoms with Crippen LogP contribution in [0.1, 0.15) is 36.7 Å². The second kappa shape index (κ2) is 11.6. The van der Waals surface area contributed by atoms with Crippen molar-refractivity contribution >= 4 is 19.8 Å². The van der Waals surface area contributed by atoms with Gasteiger partial charge in [-0.05, 0) is 55.3 Å². The smallest absolute Gasteiger partial charge is 0.289 e. The molecule has 40 heavy (non-hydrogen) atoms. The Labute approximate surface area is 227 Å². The lowest BCUT2D eigenvalue weighted by Gasteiger charge is -2.39. The van der Waals surface area contributed by atoms with E-state index in [9.17, 15) is 28.1 Å². The maximum absolute atomic E-state index is 15.1. The first-order valence-corrected chi connectivity index (χ1v) is 13.6. The zero-order valence-corrected chi connectivity index (χ0v) is 22.6. The van der Waals surface area contributed by atoms with Crippen molar-refractivity contribution in [1.82, 2.24) is 9.47 Å². The third-order valence-electron chi connectivity index (χ3n) is 6.28. The Bertz CT molecular complexity index is 1500. The Kier molecular flexibility index (Phi) is 8.52. The van der Waals surface area contributed by atoms with Gasteiger partial charge in [-0.2, -0.15) is 4.57 Å². The van der Waals surface area contributed by atoms with E-state index in [1.165, 1.54) is 63.8 Å². The monoisotopic (exact) mass is 581 g/mol. The minimum atomic E-state index is -4.94. The van der Waals surface area contributed by atoms with Gasteiger partial charge in [-0.1, -0.05) is 12.1 Å². The predicted octanol–water partition coefficient (Wildman–Crippen LogP) is 2.64. The number of amides is 1. The first-order valence-electron chi connectivity index (χ1n) is 12.1. The zero-order chi connectivity index (χ0) is 29.4. The summed E-state index contributed by atoms with van der Waals surface area (Å²) in [4.78, 5) is 34.4. The molecule has 14 heteroatoms. The largest absolute Gasteiger partial charge is 0.756 e. The van der Waals surface area contributed by atoms with E-state index in [2.05, 4.69) is 4.52 Å². The molecule has 3 aromatic rings. The minimum Gasteiger partial charge on any atom is -0.756 e. The molecule has 0 aliphatic carbocycles. The van der Waals surface area contributed by atoms with Crippen molar-refractivity contribution in [3.8, 4) is 5.69 Å². The van der Waals surface area contributed by atoms with Gasteiger partial charge < -0.3 is 24.5 Å². The van der Waals surface area contributed by atoms with E-state index < -0.39 is 56.2 Å². The van der Waals surface area contributed by atoms with Crippen LogP contribution in [0.25, 0.3) is 11.8 Å². The number of aryl methyl sites for hydroxylation is 1. The molecule has 2 aromatic carbocycles. The number of rotatable bonds is 8. The number of carbonyl (C=O) groups excluding carboxylic acids is 1. The summed E-state index contributed by atoms with van der Waals surface area (Å²) in [5.74, 6) is -3.60. The number of carbonyl (C=O) groups is 1. The number of aliphatic hydroxyl groups is 1. The summed E-state index contributed by atoms with van der Waals surface area (Å²) in [7, 11) is -4.94. The molecule has 2 N–H and O–H groups in total. The van der Waals surface area contributed by atoms with Crippen molar-refractivity contribution in [2.24, 2.45) is 0 Å². The summed E-state index contributed by atoms with van der Waals surface area (Å²) < 4.78 is 66.3. The van der Waals surface area contributed by atoms with Crippen molar-refractivity contribution in [2.45, 2.75) is 45.8 Å². The van der Waals surface area contributed by atoms with E-state index in [1.807, 2.05) is 0 Å². The summed E-state index contributed by atoms with van der Waals surface area (Å²) in [5.41, 5.74) is 1.11. The Morgan fingerprint density at radius 3 is 2.58 bits per heavy atom. The van der Waals surface area contributed by atoms with E-state index in [-0.39, 0.29) is 29.1 Å². The van der Waals surface area contributed by atoms with Crippen molar-refractivity contribution in [3.05, 3.63) is 89.0 Å². The van der Waals surface area contributed by atoms with Crippen LogP contribution in [0.4, 0.5) is 13.2 Å². The highest BCUT2D eigenvalue weighted by Crippen LogP contribution is 2.32.